The smallest absolute Gasteiger partial charge is 0.257 e. The molecule has 0 aliphatic rings. The maximum Gasteiger partial charge on any atom is 0.257 e. The number of halogens is 2. The minimum atomic E-state index is -0.396. The Hall–Kier alpha value is -3.06. The van der Waals surface area contributed by atoms with Crippen molar-refractivity contribution in [2.75, 3.05) is 19.5 Å². The average Bonchev–Trinajstić information content (AvgIpc) is 3.10. The second kappa shape index (κ2) is 8.09. The Morgan fingerprint density at radius 3 is 2.63 bits per heavy atom. The van der Waals surface area contributed by atoms with Gasteiger partial charge in [0.1, 0.15) is 5.82 Å². The largest absolute Gasteiger partial charge is 0.493 e. The first-order valence-electron chi connectivity index (χ1n) is 8.01. The summed E-state index contributed by atoms with van der Waals surface area (Å²) in [4.78, 5) is 12.4. The van der Waals surface area contributed by atoms with Gasteiger partial charge in [0.15, 0.2) is 17.3 Å². The molecule has 1 N–H and O–H groups in total. The van der Waals surface area contributed by atoms with Crippen molar-refractivity contribution in [1.29, 1.82) is 0 Å². The number of nitrogens with one attached hydrogen (secondary N) is 1. The molecule has 0 spiro atoms. The van der Waals surface area contributed by atoms with Crippen LogP contribution < -0.4 is 14.8 Å². The zero-order chi connectivity index (χ0) is 19.4. The third-order valence-electron chi connectivity index (χ3n) is 3.88. The van der Waals surface area contributed by atoms with Crippen LogP contribution in [-0.2, 0) is 6.54 Å². The lowest BCUT2D eigenvalue weighted by Gasteiger charge is -2.09. The zero-order valence-corrected chi connectivity index (χ0v) is 15.5. The Morgan fingerprint density at radius 2 is 1.93 bits per heavy atom. The quantitative estimate of drug-likeness (QED) is 0.692. The summed E-state index contributed by atoms with van der Waals surface area (Å²) in [5, 5.41) is 7.32. The maximum atomic E-state index is 13.1. The average molecular weight is 390 g/mol. The van der Waals surface area contributed by atoms with Crippen molar-refractivity contribution in [3.8, 4) is 11.5 Å². The minimum Gasteiger partial charge on any atom is -0.493 e. The van der Waals surface area contributed by atoms with Crippen molar-refractivity contribution in [2.45, 2.75) is 6.54 Å². The fraction of sp³-hybridized carbons (Fsp3) is 0.158. The molecule has 27 heavy (non-hydrogen) atoms. The van der Waals surface area contributed by atoms with E-state index < -0.39 is 5.82 Å². The molecule has 0 bridgehead atoms. The summed E-state index contributed by atoms with van der Waals surface area (Å²) in [5.41, 5.74) is 1.13. The van der Waals surface area contributed by atoms with Gasteiger partial charge in [-0.3, -0.25) is 9.48 Å². The Balaban J connectivity index is 1.71. The van der Waals surface area contributed by atoms with E-state index in [1.54, 1.807) is 41.2 Å². The van der Waals surface area contributed by atoms with Crippen molar-refractivity contribution < 1.29 is 18.7 Å². The molecular weight excluding hydrogens is 373 g/mol. The van der Waals surface area contributed by atoms with Crippen LogP contribution >= 0.6 is 11.6 Å². The number of hydrogen-bond donors (Lipinski definition) is 1. The monoisotopic (exact) mass is 389 g/mol. The number of amides is 1. The van der Waals surface area contributed by atoms with E-state index in [9.17, 15) is 9.18 Å². The fourth-order valence-electron chi connectivity index (χ4n) is 2.51. The Kier molecular flexibility index (Phi) is 5.61. The van der Waals surface area contributed by atoms with Crippen molar-refractivity contribution in [3.05, 3.63) is 70.6 Å². The number of hydrogen-bond acceptors (Lipinski definition) is 4. The molecule has 1 aromatic heterocycles. The summed E-state index contributed by atoms with van der Waals surface area (Å²) >= 11 is 6.03. The molecule has 6 nitrogen and oxygen atoms in total. The van der Waals surface area contributed by atoms with E-state index in [1.165, 1.54) is 26.4 Å². The topological polar surface area (TPSA) is 65.4 Å². The number of ether oxygens (including phenoxy) is 2. The van der Waals surface area contributed by atoms with Gasteiger partial charge in [-0.25, -0.2) is 4.39 Å². The van der Waals surface area contributed by atoms with Crippen LogP contribution in [0.1, 0.15) is 15.9 Å². The number of carbonyl (C=O) groups excluding carboxylic acids is 1. The Bertz CT molecular complexity index is 975. The van der Waals surface area contributed by atoms with Gasteiger partial charge in [-0.2, -0.15) is 5.10 Å². The van der Waals surface area contributed by atoms with E-state index in [0.29, 0.717) is 34.4 Å². The van der Waals surface area contributed by atoms with Gasteiger partial charge in [-0.15, -0.1) is 0 Å². The summed E-state index contributed by atoms with van der Waals surface area (Å²) in [7, 11) is 3.03. The van der Waals surface area contributed by atoms with Crippen LogP contribution in [0, 0.1) is 5.82 Å². The van der Waals surface area contributed by atoms with Crippen LogP contribution in [0.2, 0.25) is 5.02 Å². The molecule has 3 rings (SSSR count). The van der Waals surface area contributed by atoms with Gasteiger partial charge in [0.05, 0.1) is 20.8 Å². The number of rotatable bonds is 6. The predicted octanol–water partition coefficient (Wildman–Crippen LogP) is 3.99. The summed E-state index contributed by atoms with van der Waals surface area (Å²) in [6.45, 7) is 0.353. The molecule has 3 aromatic rings. The number of carbonyl (C=O) groups is 1. The highest BCUT2D eigenvalue weighted by atomic mass is 35.5. The third kappa shape index (κ3) is 4.38. The normalized spacial score (nSPS) is 10.5. The highest BCUT2D eigenvalue weighted by molar-refractivity contribution is 6.31. The summed E-state index contributed by atoms with van der Waals surface area (Å²) in [6, 6.07) is 10.7. The van der Waals surface area contributed by atoms with Gasteiger partial charge in [0.25, 0.3) is 5.91 Å². The highest BCUT2D eigenvalue weighted by Gasteiger charge is 2.12. The first-order valence-corrected chi connectivity index (χ1v) is 8.38. The van der Waals surface area contributed by atoms with Gasteiger partial charge in [0.2, 0.25) is 0 Å². The number of methoxy groups -OCH3 is 2. The van der Waals surface area contributed by atoms with Gasteiger partial charge in [-0.1, -0.05) is 17.7 Å². The second-order valence-electron chi connectivity index (χ2n) is 5.66. The van der Waals surface area contributed by atoms with Crippen molar-refractivity contribution in [3.63, 3.8) is 0 Å². The molecule has 0 unspecified atom stereocenters. The van der Waals surface area contributed by atoms with Crippen LogP contribution in [0.5, 0.6) is 11.5 Å². The molecule has 0 aliphatic carbocycles. The van der Waals surface area contributed by atoms with E-state index in [2.05, 4.69) is 10.4 Å². The molecule has 140 valence electrons. The third-order valence-corrected chi connectivity index (χ3v) is 4.23. The number of benzene rings is 2. The Labute approximate surface area is 160 Å². The predicted molar refractivity (Wildman–Crippen MR) is 100 cm³/mol. The highest BCUT2D eigenvalue weighted by Crippen LogP contribution is 2.27. The summed E-state index contributed by atoms with van der Waals surface area (Å²) in [5.74, 6) is 0.650. The molecule has 0 fully saturated rings. The lowest BCUT2D eigenvalue weighted by molar-refractivity contribution is 0.102. The zero-order valence-electron chi connectivity index (χ0n) is 14.7. The minimum absolute atomic E-state index is 0.321. The van der Waals surface area contributed by atoms with Crippen molar-refractivity contribution >= 4 is 23.3 Å². The van der Waals surface area contributed by atoms with Gasteiger partial charge < -0.3 is 14.8 Å². The van der Waals surface area contributed by atoms with Crippen LogP contribution in [-0.4, -0.2) is 29.9 Å². The second-order valence-corrected chi connectivity index (χ2v) is 6.07. The van der Waals surface area contributed by atoms with E-state index in [-0.39, 0.29) is 5.91 Å². The van der Waals surface area contributed by atoms with Crippen molar-refractivity contribution in [2.24, 2.45) is 0 Å². The van der Waals surface area contributed by atoms with Crippen molar-refractivity contribution in [1.82, 2.24) is 9.78 Å². The van der Waals surface area contributed by atoms with Crippen LogP contribution in [0.4, 0.5) is 10.2 Å². The summed E-state index contributed by atoms with van der Waals surface area (Å²) < 4.78 is 25.1. The standard InChI is InChI=1S/C19H17ClFN3O3/c1-26-16-6-4-12(9-17(16)27-2)19(25)22-18-7-8-24(23-18)11-13-3-5-14(21)10-15(13)20/h3-10H,11H2,1-2H3,(H,22,23,25). The first kappa shape index (κ1) is 18.7. The SMILES string of the molecule is COc1ccc(C(=O)Nc2ccn(Cc3ccc(F)cc3Cl)n2)cc1OC. The van der Waals surface area contributed by atoms with E-state index in [1.807, 2.05) is 0 Å². The number of anilines is 1. The fourth-order valence-corrected chi connectivity index (χ4v) is 2.73. The van der Waals surface area contributed by atoms with E-state index >= 15 is 0 Å². The molecule has 1 heterocycles. The maximum absolute atomic E-state index is 13.1. The van der Waals surface area contributed by atoms with E-state index in [4.69, 9.17) is 21.1 Å². The van der Waals surface area contributed by atoms with Gasteiger partial charge in [-0.05, 0) is 35.9 Å². The molecule has 8 heteroatoms. The van der Waals surface area contributed by atoms with Crippen LogP contribution in [0.25, 0.3) is 0 Å². The molecule has 0 aliphatic heterocycles. The van der Waals surface area contributed by atoms with Gasteiger partial charge in [0, 0.05) is 22.8 Å². The molecule has 0 radical (unpaired) electrons. The van der Waals surface area contributed by atoms with Gasteiger partial charge >= 0.3 is 0 Å². The molecule has 2 aromatic carbocycles. The lowest BCUT2D eigenvalue weighted by Crippen LogP contribution is -2.13. The number of aromatic nitrogens is 2. The summed E-state index contributed by atoms with van der Waals surface area (Å²) in [6.07, 6.45) is 1.70. The molecule has 0 saturated heterocycles. The molecular formula is C19H17ClFN3O3. The molecule has 0 saturated carbocycles. The van der Waals surface area contributed by atoms with Crippen LogP contribution in [0.15, 0.2) is 48.7 Å². The number of nitrogens with zero attached hydrogens (tertiary/aromatic N) is 2. The van der Waals surface area contributed by atoms with E-state index in [0.717, 1.165) is 5.56 Å². The molecule has 1 amide bonds. The van der Waals surface area contributed by atoms with Crippen LogP contribution in [0.3, 0.4) is 0 Å². The lowest BCUT2D eigenvalue weighted by atomic mass is 10.2. The first-order chi connectivity index (χ1) is 13.0. The molecule has 0 atom stereocenters. The Morgan fingerprint density at radius 1 is 1.15 bits per heavy atom.